The highest BCUT2D eigenvalue weighted by Crippen LogP contribution is 2.31. The fourth-order valence-corrected chi connectivity index (χ4v) is 3.39. The highest BCUT2D eigenvalue weighted by molar-refractivity contribution is 5.63. The summed E-state index contributed by atoms with van der Waals surface area (Å²) in [4.78, 5) is 9.60. The highest BCUT2D eigenvalue weighted by Gasteiger charge is 2.09. The lowest BCUT2D eigenvalue weighted by atomic mass is 10.1. The van der Waals surface area contributed by atoms with E-state index in [0.717, 1.165) is 29.0 Å². The number of rotatable bonds is 5. The standard InChI is InChI=1S/C23H27N3O2/c1-7-26-14-24-19(18-8-9-20(27-5)21(12-18)28-6)13-22(26)25-23-16(3)10-15(2)11-17(23)4/h8-14H,7H2,1-6H3/b25-22-. The van der Waals surface area contributed by atoms with E-state index in [4.69, 9.17) is 14.5 Å². The molecule has 0 saturated heterocycles. The minimum absolute atomic E-state index is 0.678. The van der Waals surface area contributed by atoms with Crippen molar-refractivity contribution in [1.82, 2.24) is 9.55 Å². The molecular weight excluding hydrogens is 350 g/mol. The summed E-state index contributed by atoms with van der Waals surface area (Å²) in [5.74, 6) is 1.37. The number of methoxy groups -OCH3 is 2. The Bertz CT molecular complexity index is 1040. The molecule has 3 aromatic rings. The largest absolute Gasteiger partial charge is 0.493 e. The van der Waals surface area contributed by atoms with Crippen molar-refractivity contribution in [2.45, 2.75) is 34.2 Å². The highest BCUT2D eigenvalue weighted by atomic mass is 16.5. The van der Waals surface area contributed by atoms with E-state index in [1.165, 1.54) is 16.7 Å². The third-order valence-corrected chi connectivity index (χ3v) is 4.78. The average molecular weight is 377 g/mol. The molecule has 1 aromatic heterocycles. The Hall–Kier alpha value is -3.08. The zero-order valence-corrected chi connectivity index (χ0v) is 17.4. The zero-order valence-electron chi connectivity index (χ0n) is 17.4. The Morgan fingerprint density at radius 2 is 1.61 bits per heavy atom. The molecular formula is C23H27N3O2. The molecule has 28 heavy (non-hydrogen) atoms. The fraction of sp³-hybridized carbons (Fsp3) is 0.304. The maximum Gasteiger partial charge on any atom is 0.161 e. The van der Waals surface area contributed by atoms with Crippen molar-refractivity contribution in [1.29, 1.82) is 0 Å². The van der Waals surface area contributed by atoms with Gasteiger partial charge >= 0.3 is 0 Å². The first kappa shape index (κ1) is 19.7. The molecule has 3 rings (SSSR count). The van der Waals surface area contributed by atoms with Crippen LogP contribution in [0.1, 0.15) is 23.6 Å². The van der Waals surface area contributed by atoms with Crippen LogP contribution in [0.4, 0.5) is 5.69 Å². The van der Waals surface area contributed by atoms with Crippen LogP contribution in [0.2, 0.25) is 0 Å². The molecule has 146 valence electrons. The van der Waals surface area contributed by atoms with Gasteiger partial charge in [-0.3, -0.25) is 0 Å². The third kappa shape index (κ3) is 3.93. The number of aryl methyl sites for hydroxylation is 4. The van der Waals surface area contributed by atoms with Gasteiger partial charge in [0.2, 0.25) is 0 Å². The van der Waals surface area contributed by atoms with Crippen LogP contribution < -0.4 is 15.0 Å². The van der Waals surface area contributed by atoms with E-state index in [1.807, 2.05) is 35.2 Å². The van der Waals surface area contributed by atoms with Crippen LogP contribution >= 0.6 is 0 Å². The quantitative estimate of drug-likeness (QED) is 0.645. The maximum atomic E-state index is 5.43. The van der Waals surface area contributed by atoms with Crippen molar-refractivity contribution in [3.05, 3.63) is 64.9 Å². The SMILES string of the molecule is CCn1cnc(-c2ccc(OC)c(OC)c2)c/c1=N/c1c(C)cc(C)cc1C. The Labute approximate surface area is 166 Å². The number of aromatic nitrogens is 2. The number of nitrogens with zero attached hydrogens (tertiary/aromatic N) is 3. The van der Waals surface area contributed by atoms with Crippen LogP contribution in [0, 0.1) is 20.8 Å². The molecule has 0 saturated carbocycles. The lowest BCUT2D eigenvalue weighted by Gasteiger charge is -2.11. The molecule has 0 amide bonds. The summed E-state index contributed by atoms with van der Waals surface area (Å²) in [5, 5.41) is 0. The first-order chi connectivity index (χ1) is 13.5. The maximum absolute atomic E-state index is 5.43. The van der Waals surface area contributed by atoms with E-state index in [2.05, 4.69) is 44.8 Å². The van der Waals surface area contributed by atoms with E-state index < -0.39 is 0 Å². The van der Waals surface area contributed by atoms with Gasteiger partial charge in [-0.05, 0) is 57.0 Å². The van der Waals surface area contributed by atoms with Crippen LogP contribution in [0.15, 0.2) is 47.7 Å². The van der Waals surface area contributed by atoms with Crippen LogP contribution in [-0.4, -0.2) is 23.8 Å². The number of ether oxygens (including phenoxy) is 2. The molecule has 0 aliphatic carbocycles. The van der Waals surface area contributed by atoms with Crippen LogP contribution in [0.25, 0.3) is 11.3 Å². The summed E-state index contributed by atoms with van der Waals surface area (Å²) in [6, 6.07) is 12.2. The van der Waals surface area contributed by atoms with Gasteiger partial charge in [-0.15, -0.1) is 0 Å². The number of hydrogen-bond donors (Lipinski definition) is 0. The summed E-state index contributed by atoms with van der Waals surface area (Å²) >= 11 is 0. The summed E-state index contributed by atoms with van der Waals surface area (Å²) in [7, 11) is 3.26. The van der Waals surface area contributed by atoms with E-state index in [-0.39, 0.29) is 0 Å². The lowest BCUT2D eigenvalue weighted by molar-refractivity contribution is 0.355. The van der Waals surface area contributed by atoms with Gasteiger partial charge in [0.05, 0.1) is 31.9 Å². The van der Waals surface area contributed by atoms with Gasteiger partial charge in [-0.1, -0.05) is 17.7 Å². The monoisotopic (exact) mass is 377 g/mol. The molecule has 2 aromatic carbocycles. The van der Waals surface area contributed by atoms with Crippen molar-refractivity contribution in [3.8, 4) is 22.8 Å². The molecule has 0 bridgehead atoms. The first-order valence-electron chi connectivity index (χ1n) is 9.38. The zero-order chi connectivity index (χ0) is 20.3. The molecule has 5 nitrogen and oxygen atoms in total. The van der Waals surface area contributed by atoms with Crippen molar-refractivity contribution < 1.29 is 9.47 Å². The smallest absolute Gasteiger partial charge is 0.161 e. The average Bonchev–Trinajstić information content (AvgIpc) is 2.69. The van der Waals surface area contributed by atoms with Gasteiger partial charge in [0.25, 0.3) is 0 Å². The molecule has 0 aliphatic rings. The molecule has 0 unspecified atom stereocenters. The van der Waals surface area contributed by atoms with Gasteiger partial charge in [0.15, 0.2) is 11.5 Å². The van der Waals surface area contributed by atoms with Crippen LogP contribution in [0.3, 0.4) is 0 Å². The van der Waals surface area contributed by atoms with Gasteiger partial charge in [-0.2, -0.15) is 0 Å². The molecule has 5 heteroatoms. The topological polar surface area (TPSA) is 48.6 Å². The van der Waals surface area contributed by atoms with E-state index in [9.17, 15) is 0 Å². The molecule has 0 atom stereocenters. The number of hydrogen-bond acceptors (Lipinski definition) is 4. The molecule has 0 fully saturated rings. The van der Waals surface area contributed by atoms with Gasteiger partial charge < -0.3 is 14.0 Å². The normalized spacial score (nSPS) is 11.6. The van der Waals surface area contributed by atoms with Gasteiger partial charge in [0.1, 0.15) is 5.49 Å². The van der Waals surface area contributed by atoms with Crippen molar-refractivity contribution in [3.63, 3.8) is 0 Å². The summed E-state index contributed by atoms with van der Waals surface area (Å²) in [6.45, 7) is 9.20. The Morgan fingerprint density at radius 1 is 0.929 bits per heavy atom. The van der Waals surface area contributed by atoms with Crippen LogP contribution in [-0.2, 0) is 6.54 Å². The van der Waals surface area contributed by atoms with Crippen molar-refractivity contribution in [2.24, 2.45) is 4.99 Å². The Balaban J connectivity index is 2.17. The third-order valence-electron chi connectivity index (χ3n) is 4.78. The Morgan fingerprint density at radius 3 is 2.21 bits per heavy atom. The molecule has 0 radical (unpaired) electrons. The van der Waals surface area contributed by atoms with Crippen molar-refractivity contribution in [2.75, 3.05) is 14.2 Å². The molecule has 1 heterocycles. The molecule has 0 aliphatic heterocycles. The van der Waals surface area contributed by atoms with Crippen LogP contribution in [0.5, 0.6) is 11.5 Å². The predicted octanol–water partition coefficient (Wildman–Crippen LogP) is 4.74. The number of benzene rings is 2. The van der Waals surface area contributed by atoms with Gasteiger partial charge in [-0.25, -0.2) is 9.98 Å². The predicted molar refractivity (Wildman–Crippen MR) is 112 cm³/mol. The molecule has 0 N–H and O–H groups in total. The summed E-state index contributed by atoms with van der Waals surface area (Å²) in [5.41, 5.74) is 7.27. The lowest BCUT2D eigenvalue weighted by Crippen LogP contribution is -2.20. The minimum atomic E-state index is 0.678. The fourth-order valence-electron chi connectivity index (χ4n) is 3.39. The minimum Gasteiger partial charge on any atom is -0.493 e. The van der Waals surface area contributed by atoms with E-state index in [1.54, 1.807) is 14.2 Å². The molecule has 0 spiro atoms. The van der Waals surface area contributed by atoms with E-state index >= 15 is 0 Å². The second-order valence-corrected chi connectivity index (χ2v) is 6.85. The summed E-state index contributed by atoms with van der Waals surface area (Å²) in [6.07, 6.45) is 1.84. The van der Waals surface area contributed by atoms with Gasteiger partial charge in [0, 0.05) is 18.2 Å². The summed E-state index contributed by atoms with van der Waals surface area (Å²) < 4.78 is 12.8. The first-order valence-corrected chi connectivity index (χ1v) is 9.38. The van der Waals surface area contributed by atoms with Crippen molar-refractivity contribution >= 4 is 5.69 Å². The Kier molecular flexibility index (Phi) is 5.83. The van der Waals surface area contributed by atoms with E-state index in [0.29, 0.717) is 11.5 Å². The second kappa shape index (κ2) is 8.30. The second-order valence-electron chi connectivity index (χ2n) is 6.85.